The third-order valence-electron chi connectivity index (χ3n) is 2.98. The van der Waals surface area contributed by atoms with Crippen molar-refractivity contribution in [3.8, 4) is 10.4 Å². The van der Waals surface area contributed by atoms with Gasteiger partial charge in [-0.1, -0.05) is 35.9 Å². The van der Waals surface area contributed by atoms with Gasteiger partial charge >= 0.3 is 0 Å². The summed E-state index contributed by atoms with van der Waals surface area (Å²) in [7, 11) is 2.09. The molecule has 1 nitrogen and oxygen atoms in total. The molecule has 1 heterocycles. The second kappa shape index (κ2) is 12.0. The van der Waals surface area contributed by atoms with Crippen molar-refractivity contribution in [2.24, 2.45) is 7.05 Å². The second-order valence-electron chi connectivity index (χ2n) is 4.47. The molecule has 0 spiro atoms. The summed E-state index contributed by atoms with van der Waals surface area (Å²) in [5.41, 5.74) is 1.19. The monoisotopic (exact) mass is 777 g/mol. The molecule has 24 heavy (non-hydrogen) atoms. The van der Waals surface area contributed by atoms with Crippen LogP contribution in [0.3, 0.4) is 0 Å². The van der Waals surface area contributed by atoms with Crippen LogP contribution in [0.1, 0.15) is 0 Å². The molecule has 0 N–H and O–H groups in total. The van der Waals surface area contributed by atoms with Crippen molar-refractivity contribution in [3.63, 3.8) is 0 Å². The van der Waals surface area contributed by atoms with Gasteiger partial charge in [0.2, 0.25) is 0 Å². The molecule has 8 heteroatoms. The van der Waals surface area contributed by atoms with Gasteiger partial charge in [-0.3, -0.25) is 0 Å². The van der Waals surface area contributed by atoms with Crippen molar-refractivity contribution in [1.82, 2.24) is 0 Å². The predicted octanol–water partition coefficient (Wildman–Crippen LogP) is 4.58. The van der Waals surface area contributed by atoms with E-state index < -0.39 is 0 Å². The van der Waals surface area contributed by atoms with Crippen molar-refractivity contribution >= 4 is 88.1 Å². The molecule has 0 unspecified atom stereocenters. The number of hydrogen-bond donors (Lipinski definition) is 0. The SMILES string of the molecule is C[n+]1sc(-c2ccc(Cl)cc2)cc1Sc1ccccc1Br.II.[I-]. The van der Waals surface area contributed by atoms with E-state index >= 15 is 0 Å². The van der Waals surface area contributed by atoms with Crippen LogP contribution in [0.25, 0.3) is 10.4 Å². The molecule has 0 saturated carbocycles. The van der Waals surface area contributed by atoms with Gasteiger partial charge in [0.05, 0.1) is 0 Å². The predicted molar refractivity (Wildman–Crippen MR) is 122 cm³/mol. The van der Waals surface area contributed by atoms with Crippen molar-refractivity contribution in [2.45, 2.75) is 9.92 Å². The first-order valence-corrected chi connectivity index (χ1v) is 15.5. The highest BCUT2D eigenvalue weighted by molar-refractivity contribution is 15.0. The summed E-state index contributed by atoms with van der Waals surface area (Å²) in [4.78, 5) is 2.46. The topological polar surface area (TPSA) is 3.88 Å². The molecule has 1 aromatic heterocycles. The van der Waals surface area contributed by atoms with E-state index in [9.17, 15) is 0 Å². The number of benzene rings is 2. The Labute approximate surface area is 204 Å². The smallest absolute Gasteiger partial charge is 0.259 e. The summed E-state index contributed by atoms with van der Waals surface area (Å²) in [6, 6.07) is 18.5. The summed E-state index contributed by atoms with van der Waals surface area (Å²) in [6.07, 6.45) is 0. The fourth-order valence-electron chi connectivity index (χ4n) is 1.91. The molecule has 0 atom stereocenters. The van der Waals surface area contributed by atoms with E-state index in [1.165, 1.54) is 20.4 Å². The molecular formula is C16H12BrClI3NS2. The number of aryl methyl sites for hydroxylation is 1. The van der Waals surface area contributed by atoms with Gasteiger partial charge in [0.15, 0.2) is 7.05 Å². The molecule has 0 aliphatic heterocycles. The lowest BCUT2D eigenvalue weighted by Crippen LogP contribution is -3.00. The van der Waals surface area contributed by atoms with Crippen molar-refractivity contribution in [3.05, 3.63) is 64.1 Å². The molecule has 0 aliphatic carbocycles. The van der Waals surface area contributed by atoms with E-state index in [1.807, 2.05) is 18.2 Å². The van der Waals surface area contributed by atoms with Gasteiger partial charge in [-0.05, 0) is 57.5 Å². The van der Waals surface area contributed by atoms with Crippen LogP contribution >= 0.6 is 88.1 Å². The van der Waals surface area contributed by atoms with Gasteiger partial charge in [0.25, 0.3) is 5.03 Å². The molecule has 3 rings (SSSR count). The van der Waals surface area contributed by atoms with Crippen LogP contribution in [-0.4, -0.2) is 0 Å². The molecule has 0 aliphatic rings. The van der Waals surface area contributed by atoms with E-state index in [0.29, 0.717) is 0 Å². The normalized spacial score (nSPS) is 9.71. The molecule has 128 valence electrons. The maximum atomic E-state index is 5.95. The zero-order chi connectivity index (χ0) is 16.8. The minimum Gasteiger partial charge on any atom is -1.00 e. The third kappa shape index (κ3) is 6.52. The number of nitrogens with zero attached hydrogens (tertiary/aromatic N) is 1. The average molecular weight is 778 g/mol. The third-order valence-corrected chi connectivity index (χ3v) is 6.50. The Hall–Kier alpha value is 1.38. The van der Waals surface area contributed by atoms with Crippen LogP contribution in [0.15, 0.2) is 69.0 Å². The Bertz CT molecular complexity index is 781. The van der Waals surface area contributed by atoms with Crippen LogP contribution in [0.5, 0.6) is 0 Å². The quantitative estimate of drug-likeness (QED) is 0.279. The number of halogens is 5. The standard InChI is InChI=1S/C16H12BrClNS2.I2.HI/c1-19-16(20-14-5-3-2-4-13(14)17)10-15(21-19)11-6-8-12(18)9-7-11;1-2;/h2-10H,1H3;;1H/q+1;;/p-1. The highest BCUT2D eigenvalue weighted by Gasteiger charge is 2.17. The molecular weight excluding hydrogens is 766 g/mol. The Balaban J connectivity index is 0.000000925. The van der Waals surface area contributed by atoms with E-state index in [1.54, 1.807) is 23.3 Å². The molecule has 0 saturated heterocycles. The molecule has 0 radical (unpaired) electrons. The fraction of sp³-hybridized carbons (Fsp3) is 0.0625. The zero-order valence-electron chi connectivity index (χ0n) is 12.3. The lowest BCUT2D eigenvalue weighted by Gasteiger charge is -1.98. The van der Waals surface area contributed by atoms with Crippen LogP contribution < -0.4 is 27.9 Å². The van der Waals surface area contributed by atoms with Gasteiger partial charge in [0, 0.05) is 57.7 Å². The minimum absolute atomic E-state index is 0. The largest absolute Gasteiger partial charge is 1.00 e. The van der Waals surface area contributed by atoms with Crippen LogP contribution in [-0.2, 0) is 7.05 Å². The first-order valence-electron chi connectivity index (χ1n) is 6.46. The van der Waals surface area contributed by atoms with E-state index in [-0.39, 0.29) is 24.0 Å². The maximum Gasteiger partial charge on any atom is 0.259 e. The zero-order valence-corrected chi connectivity index (χ0v) is 22.8. The van der Waals surface area contributed by atoms with Gasteiger partial charge in [-0.15, -0.1) is 3.96 Å². The highest BCUT2D eigenvalue weighted by Crippen LogP contribution is 2.35. The summed E-state index contributed by atoms with van der Waals surface area (Å²) in [5.74, 6) is 0. The fourth-order valence-corrected chi connectivity index (χ4v) is 4.54. The van der Waals surface area contributed by atoms with Crippen molar-refractivity contribution in [2.75, 3.05) is 0 Å². The van der Waals surface area contributed by atoms with Gasteiger partial charge in [-0.2, -0.15) is 0 Å². The molecule has 0 bridgehead atoms. The summed E-state index contributed by atoms with van der Waals surface area (Å²) in [5, 5.41) is 1.99. The summed E-state index contributed by atoms with van der Waals surface area (Å²) in [6.45, 7) is 0. The van der Waals surface area contributed by atoms with E-state index in [2.05, 4.69) is 101 Å². The van der Waals surface area contributed by atoms with Crippen LogP contribution in [0, 0.1) is 0 Å². The van der Waals surface area contributed by atoms with Gasteiger partial charge < -0.3 is 24.0 Å². The van der Waals surface area contributed by atoms with E-state index in [4.69, 9.17) is 11.6 Å². The Morgan fingerprint density at radius 1 is 1.08 bits per heavy atom. The minimum atomic E-state index is 0. The molecule has 3 aromatic rings. The first kappa shape index (κ1) is 23.4. The Morgan fingerprint density at radius 2 is 1.71 bits per heavy atom. The van der Waals surface area contributed by atoms with E-state index in [0.717, 1.165) is 9.50 Å². The summed E-state index contributed by atoms with van der Waals surface area (Å²) >= 11 is 17.3. The number of rotatable bonds is 3. The average Bonchev–Trinajstić information content (AvgIpc) is 2.93. The lowest BCUT2D eigenvalue weighted by atomic mass is 10.2. The second-order valence-corrected chi connectivity index (χ2v) is 8.00. The first-order chi connectivity index (χ1) is 11.1. The molecule has 0 amide bonds. The molecule has 2 aromatic carbocycles. The summed E-state index contributed by atoms with van der Waals surface area (Å²) < 4.78 is 3.31. The number of aromatic nitrogens is 1. The highest BCUT2D eigenvalue weighted by atomic mass is 128. The number of hydrogen-bond acceptors (Lipinski definition) is 2. The van der Waals surface area contributed by atoms with Crippen molar-refractivity contribution in [1.29, 1.82) is 0 Å². The maximum absolute atomic E-state index is 5.95. The van der Waals surface area contributed by atoms with Gasteiger partial charge in [0.1, 0.15) is 16.4 Å². The van der Waals surface area contributed by atoms with Crippen molar-refractivity contribution < 1.29 is 27.9 Å². The van der Waals surface area contributed by atoms with Crippen LogP contribution in [0.4, 0.5) is 0 Å². The Kier molecular flexibility index (Phi) is 11.7. The Morgan fingerprint density at radius 3 is 2.33 bits per heavy atom. The lowest BCUT2D eigenvalue weighted by molar-refractivity contribution is -0.640. The molecule has 0 fully saturated rings. The van der Waals surface area contributed by atoms with Gasteiger partial charge in [-0.25, -0.2) is 0 Å². The van der Waals surface area contributed by atoms with Crippen LogP contribution in [0.2, 0.25) is 5.02 Å².